The van der Waals surface area contributed by atoms with Crippen molar-refractivity contribution in [1.82, 2.24) is 4.90 Å². The van der Waals surface area contributed by atoms with Crippen molar-refractivity contribution in [2.45, 2.75) is 38.3 Å². The first kappa shape index (κ1) is 10.5. The predicted octanol–water partition coefficient (Wildman–Crippen LogP) is -0.327. The lowest BCUT2D eigenvalue weighted by Crippen LogP contribution is -2.52. The molecule has 0 spiro atoms. The molecule has 0 radical (unpaired) electrons. The zero-order chi connectivity index (χ0) is 9.84. The van der Waals surface area contributed by atoms with Gasteiger partial charge in [0, 0.05) is 12.6 Å². The molecule has 0 aliphatic carbocycles. The molecule has 4 nitrogen and oxygen atoms in total. The minimum Gasteiger partial charge on any atom is -0.368 e. The number of piperidine rings is 1. The monoisotopic (exact) mass is 185 g/mol. The third-order valence-electron chi connectivity index (χ3n) is 2.85. The summed E-state index contributed by atoms with van der Waals surface area (Å²) in [6.45, 7) is 3.43. The Bertz CT molecular complexity index is 184. The molecule has 0 aromatic carbocycles. The fraction of sp³-hybridized carbons (Fsp3) is 0.889. The van der Waals surface area contributed by atoms with Gasteiger partial charge in [0.05, 0.1) is 6.04 Å². The molecule has 4 heteroatoms. The van der Waals surface area contributed by atoms with Gasteiger partial charge in [-0.3, -0.25) is 9.69 Å². The molecule has 76 valence electrons. The number of likely N-dealkylation sites (tertiary alicyclic amines) is 1. The zero-order valence-corrected chi connectivity index (χ0v) is 8.20. The number of carbonyl (C=O) groups is 1. The quantitative estimate of drug-likeness (QED) is 0.632. The molecule has 0 aromatic rings. The van der Waals surface area contributed by atoms with Crippen LogP contribution in [0.5, 0.6) is 0 Å². The summed E-state index contributed by atoms with van der Waals surface area (Å²) in [5.74, 6) is -0.250. The lowest BCUT2D eigenvalue weighted by atomic mass is 10.00. The molecular formula is C9H19N3O. The molecule has 1 heterocycles. The summed E-state index contributed by atoms with van der Waals surface area (Å²) < 4.78 is 0. The molecule has 1 aliphatic heterocycles. The largest absolute Gasteiger partial charge is 0.368 e. The van der Waals surface area contributed by atoms with E-state index >= 15 is 0 Å². The molecule has 1 aliphatic rings. The summed E-state index contributed by atoms with van der Waals surface area (Å²) >= 11 is 0. The van der Waals surface area contributed by atoms with Crippen LogP contribution in [0.25, 0.3) is 0 Å². The van der Waals surface area contributed by atoms with Gasteiger partial charge in [-0.15, -0.1) is 0 Å². The Morgan fingerprint density at radius 3 is 2.85 bits per heavy atom. The van der Waals surface area contributed by atoms with E-state index in [0.717, 1.165) is 19.4 Å². The van der Waals surface area contributed by atoms with Gasteiger partial charge in [0.1, 0.15) is 0 Å². The van der Waals surface area contributed by atoms with Gasteiger partial charge in [-0.2, -0.15) is 0 Å². The van der Waals surface area contributed by atoms with Gasteiger partial charge in [-0.05, 0) is 26.3 Å². The molecular weight excluding hydrogens is 166 g/mol. The van der Waals surface area contributed by atoms with Gasteiger partial charge < -0.3 is 11.5 Å². The normalized spacial score (nSPS) is 27.1. The molecule has 1 rings (SSSR count). The van der Waals surface area contributed by atoms with E-state index in [-0.39, 0.29) is 11.9 Å². The van der Waals surface area contributed by atoms with Crippen molar-refractivity contribution in [1.29, 1.82) is 0 Å². The Morgan fingerprint density at radius 2 is 2.31 bits per heavy atom. The van der Waals surface area contributed by atoms with Gasteiger partial charge in [0.25, 0.3) is 0 Å². The first-order chi connectivity index (χ1) is 6.16. The smallest absolute Gasteiger partial charge is 0.234 e. The average Bonchev–Trinajstić information content (AvgIpc) is 2.16. The Kier molecular flexibility index (Phi) is 3.69. The van der Waals surface area contributed by atoms with E-state index in [1.165, 1.54) is 6.42 Å². The van der Waals surface area contributed by atoms with Crippen molar-refractivity contribution in [3.63, 3.8) is 0 Å². The maximum atomic E-state index is 11.0. The summed E-state index contributed by atoms with van der Waals surface area (Å²) in [5.41, 5.74) is 10.9. The summed E-state index contributed by atoms with van der Waals surface area (Å²) in [5, 5.41) is 0. The van der Waals surface area contributed by atoms with Gasteiger partial charge >= 0.3 is 0 Å². The fourth-order valence-corrected chi connectivity index (χ4v) is 1.95. The van der Waals surface area contributed by atoms with E-state index in [9.17, 15) is 4.79 Å². The van der Waals surface area contributed by atoms with Gasteiger partial charge in [-0.25, -0.2) is 0 Å². The van der Waals surface area contributed by atoms with Crippen molar-refractivity contribution in [3.8, 4) is 0 Å². The fourth-order valence-electron chi connectivity index (χ4n) is 1.95. The number of hydrogen-bond acceptors (Lipinski definition) is 3. The third-order valence-corrected chi connectivity index (χ3v) is 2.85. The topological polar surface area (TPSA) is 72.4 Å². The molecule has 1 amide bonds. The van der Waals surface area contributed by atoms with Crippen LogP contribution in [-0.4, -0.2) is 36.0 Å². The first-order valence-corrected chi connectivity index (χ1v) is 4.92. The minimum atomic E-state index is -0.250. The molecule has 4 N–H and O–H groups in total. The molecule has 1 fully saturated rings. The van der Waals surface area contributed by atoms with Crippen molar-refractivity contribution in [2.75, 3.05) is 13.1 Å². The molecule has 1 saturated heterocycles. The minimum absolute atomic E-state index is 0.172. The number of amides is 1. The summed E-state index contributed by atoms with van der Waals surface area (Å²) in [6, 6.07) is 0.171. The summed E-state index contributed by atoms with van der Waals surface area (Å²) in [7, 11) is 0. The first-order valence-electron chi connectivity index (χ1n) is 4.92. The van der Waals surface area contributed by atoms with Gasteiger partial charge in [0.15, 0.2) is 0 Å². The maximum Gasteiger partial charge on any atom is 0.234 e. The molecule has 0 bridgehead atoms. The second-order valence-electron chi connectivity index (χ2n) is 3.70. The zero-order valence-electron chi connectivity index (χ0n) is 8.20. The Labute approximate surface area is 79.3 Å². The molecule has 2 atom stereocenters. The highest BCUT2D eigenvalue weighted by atomic mass is 16.1. The number of hydrogen-bond donors (Lipinski definition) is 2. The second kappa shape index (κ2) is 4.58. The third kappa shape index (κ3) is 2.42. The van der Waals surface area contributed by atoms with Crippen LogP contribution in [0.3, 0.4) is 0 Å². The van der Waals surface area contributed by atoms with Crippen LogP contribution < -0.4 is 11.5 Å². The van der Waals surface area contributed by atoms with E-state index in [4.69, 9.17) is 11.5 Å². The highest BCUT2D eigenvalue weighted by Crippen LogP contribution is 2.18. The number of rotatable bonds is 3. The van der Waals surface area contributed by atoms with Crippen LogP contribution in [0.15, 0.2) is 0 Å². The van der Waals surface area contributed by atoms with Crippen molar-refractivity contribution in [3.05, 3.63) is 0 Å². The van der Waals surface area contributed by atoms with Gasteiger partial charge in [0.2, 0.25) is 5.91 Å². The highest BCUT2D eigenvalue weighted by Gasteiger charge is 2.27. The molecule has 2 unspecified atom stereocenters. The van der Waals surface area contributed by atoms with E-state index in [2.05, 4.69) is 4.90 Å². The Morgan fingerprint density at radius 1 is 1.62 bits per heavy atom. The molecule has 0 saturated carbocycles. The Balaban J connectivity index is 2.58. The Hall–Kier alpha value is -0.610. The van der Waals surface area contributed by atoms with Crippen LogP contribution in [0.4, 0.5) is 0 Å². The number of carbonyl (C=O) groups excluding carboxylic acids is 1. The van der Waals surface area contributed by atoms with Crippen LogP contribution in [0.2, 0.25) is 0 Å². The van der Waals surface area contributed by atoms with E-state index in [1.807, 2.05) is 6.92 Å². The maximum absolute atomic E-state index is 11.0. The van der Waals surface area contributed by atoms with Crippen LogP contribution in [0, 0.1) is 0 Å². The van der Waals surface area contributed by atoms with Crippen molar-refractivity contribution in [2.24, 2.45) is 11.5 Å². The summed E-state index contributed by atoms with van der Waals surface area (Å²) in [6.07, 6.45) is 3.45. The van der Waals surface area contributed by atoms with E-state index < -0.39 is 0 Å². The number of nitrogens with two attached hydrogens (primary N) is 2. The molecule has 0 aromatic heterocycles. The lowest BCUT2D eigenvalue weighted by molar-refractivity contribution is -0.124. The van der Waals surface area contributed by atoms with Crippen LogP contribution in [0.1, 0.15) is 26.2 Å². The number of nitrogens with zero attached hydrogens (tertiary/aromatic N) is 1. The van der Waals surface area contributed by atoms with Crippen LogP contribution in [-0.2, 0) is 4.79 Å². The standard InChI is InChI=1S/C9H19N3O/c1-7(9(11)13)12-5-3-2-4-8(12)6-10/h7-8H,2-6,10H2,1H3,(H2,11,13). The summed E-state index contributed by atoms with van der Waals surface area (Å²) in [4.78, 5) is 13.1. The predicted molar refractivity (Wildman–Crippen MR) is 52.1 cm³/mol. The molecule has 13 heavy (non-hydrogen) atoms. The lowest BCUT2D eigenvalue weighted by Gasteiger charge is -2.37. The second-order valence-corrected chi connectivity index (χ2v) is 3.70. The van der Waals surface area contributed by atoms with Crippen molar-refractivity contribution >= 4 is 5.91 Å². The van der Waals surface area contributed by atoms with E-state index in [0.29, 0.717) is 12.6 Å². The van der Waals surface area contributed by atoms with Crippen molar-refractivity contribution < 1.29 is 4.79 Å². The van der Waals surface area contributed by atoms with Gasteiger partial charge in [-0.1, -0.05) is 6.42 Å². The SMILES string of the molecule is CC(C(N)=O)N1CCCCC1CN. The highest BCUT2D eigenvalue weighted by molar-refractivity contribution is 5.79. The number of primary amides is 1. The van der Waals surface area contributed by atoms with Crippen LogP contribution >= 0.6 is 0 Å². The van der Waals surface area contributed by atoms with E-state index in [1.54, 1.807) is 0 Å². The average molecular weight is 185 g/mol.